The molecule has 0 saturated carbocycles. The number of ketones is 1. The second kappa shape index (κ2) is 7.44. The van der Waals surface area contributed by atoms with Crippen molar-refractivity contribution in [2.75, 3.05) is 0 Å². The lowest BCUT2D eigenvalue weighted by molar-refractivity contribution is -0.117. The van der Waals surface area contributed by atoms with Gasteiger partial charge in [-0.05, 0) is 25.8 Å². The molecule has 2 aromatic heterocycles. The fourth-order valence-corrected chi connectivity index (χ4v) is 2.79. The van der Waals surface area contributed by atoms with E-state index in [1.807, 2.05) is 6.92 Å². The molecule has 0 bridgehead atoms. The van der Waals surface area contributed by atoms with Crippen LogP contribution in [0.4, 0.5) is 0 Å². The van der Waals surface area contributed by atoms with Gasteiger partial charge in [-0.1, -0.05) is 26.7 Å². The Labute approximate surface area is 135 Å². The summed E-state index contributed by atoms with van der Waals surface area (Å²) < 4.78 is 4.65. The number of carbonyl (C=O) groups is 1. The summed E-state index contributed by atoms with van der Waals surface area (Å²) in [5.74, 6) is -0.0201. The van der Waals surface area contributed by atoms with Crippen molar-refractivity contribution < 1.29 is 4.79 Å². The summed E-state index contributed by atoms with van der Waals surface area (Å²) in [6.07, 6.45) is 5.25. The number of Topliss-reactive ketones (excluding diaryl/α,β-unsaturated/α-hetero) is 1. The van der Waals surface area contributed by atoms with Crippen LogP contribution in [0.3, 0.4) is 0 Å². The quantitative estimate of drug-likeness (QED) is 0.749. The third kappa shape index (κ3) is 3.46. The highest BCUT2D eigenvalue weighted by molar-refractivity contribution is 5.80. The van der Waals surface area contributed by atoms with E-state index in [0.717, 1.165) is 25.7 Å². The van der Waals surface area contributed by atoms with Crippen LogP contribution in [0.1, 0.15) is 46.5 Å². The standard InChI is InChI=1S/C17H25N3O3/c1-4-6-9-19-14-8-11-18(12-13(3)21)15(14)16(22)20(17(19)23)10-7-5-2/h8,11H,4-7,9-10,12H2,1-3H3. The zero-order chi connectivity index (χ0) is 17.0. The van der Waals surface area contributed by atoms with E-state index in [1.165, 1.54) is 11.5 Å². The van der Waals surface area contributed by atoms with E-state index in [4.69, 9.17) is 0 Å². The minimum atomic E-state index is -0.294. The number of aryl methyl sites for hydroxylation is 1. The van der Waals surface area contributed by atoms with Crippen molar-refractivity contribution in [3.8, 4) is 0 Å². The average molecular weight is 319 g/mol. The van der Waals surface area contributed by atoms with E-state index < -0.39 is 0 Å². The molecule has 0 atom stereocenters. The van der Waals surface area contributed by atoms with Crippen molar-refractivity contribution >= 4 is 16.8 Å². The van der Waals surface area contributed by atoms with Crippen molar-refractivity contribution in [1.29, 1.82) is 0 Å². The molecule has 6 nitrogen and oxygen atoms in total. The highest BCUT2D eigenvalue weighted by Gasteiger charge is 2.16. The number of hydrogen-bond acceptors (Lipinski definition) is 3. The number of unbranched alkanes of at least 4 members (excludes halogenated alkanes) is 2. The smallest absolute Gasteiger partial charge is 0.331 e. The molecule has 0 amide bonds. The van der Waals surface area contributed by atoms with Crippen molar-refractivity contribution in [3.05, 3.63) is 33.1 Å². The molecule has 0 aromatic carbocycles. The zero-order valence-electron chi connectivity index (χ0n) is 14.2. The molecule has 0 aliphatic heterocycles. The van der Waals surface area contributed by atoms with Crippen molar-refractivity contribution in [2.24, 2.45) is 0 Å². The van der Waals surface area contributed by atoms with Crippen LogP contribution in [0.15, 0.2) is 21.9 Å². The van der Waals surface area contributed by atoms with Crippen LogP contribution in [-0.2, 0) is 24.4 Å². The SMILES string of the molecule is CCCCn1c(=O)c2c(ccn2CC(C)=O)n(CCCC)c1=O. The minimum absolute atomic E-state index is 0.0201. The van der Waals surface area contributed by atoms with E-state index >= 15 is 0 Å². The lowest BCUT2D eigenvalue weighted by Crippen LogP contribution is -2.40. The Kier molecular flexibility index (Phi) is 5.58. The van der Waals surface area contributed by atoms with Gasteiger partial charge in [-0.3, -0.25) is 18.7 Å². The Bertz CT molecular complexity index is 811. The third-order valence-corrected chi connectivity index (χ3v) is 4.01. The molecule has 6 heteroatoms. The molecular weight excluding hydrogens is 294 g/mol. The predicted octanol–water partition coefficient (Wildman–Crippen LogP) is 2.15. The molecule has 2 aromatic rings. The summed E-state index contributed by atoms with van der Waals surface area (Å²) in [5.41, 5.74) is 0.539. The first-order valence-electron chi connectivity index (χ1n) is 8.33. The molecule has 0 aliphatic carbocycles. The normalized spacial score (nSPS) is 11.3. The van der Waals surface area contributed by atoms with Crippen molar-refractivity contribution in [1.82, 2.24) is 13.7 Å². The molecule has 0 aliphatic rings. The Morgan fingerprint density at radius 3 is 2.22 bits per heavy atom. The van der Waals surface area contributed by atoms with Gasteiger partial charge in [0.1, 0.15) is 11.3 Å². The molecule has 23 heavy (non-hydrogen) atoms. The first-order valence-corrected chi connectivity index (χ1v) is 8.33. The number of nitrogens with zero attached hydrogens (tertiary/aromatic N) is 3. The van der Waals surface area contributed by atoms with Gasteiger partial charge in [-0.25, -0.2) is 4.79 Å². The summed E-state index contributed by atoms with van der Waals surface area (Å²) >= 11 is 0. The van der Waals surface area contributed by atoms with Crippen molar-refractivity contribution in [3.63, 3.8) is 0 Å². The topological polar surface area (TPSA) is 66.0 Å². The van der Waals surface area contributed by atoms with Gasteiger partial charge in [-0.2, -0.15) is 0 Å². The molecule has 0 radical (unpaired) electrons. The number of hydrogen-bond donors (Lipinski definition) is 0. The number of rotatable bonds is 8. The van der Waals surface area contributed by atoms with E-state index in [0.29, 0.717) is 24.1 Å². The molecule has 0 N–H and O–H groups in total. The average Bonchev–Trinajstić information content (AvgIpc) is 2.90. The molecule has 2 rings (SSSR count). The first kappa shape index (κ1) is 17.2. The molecule has 0 saturated heterocycles. The van der Waals surface area contributed by atoms with Crippen LogP contribution in [-0.4, -0.2) is 19.5 Å². The van der Waals surface area contributed by atoms with E-state index in [2.05, 4.69) is 6.92 Å². The molecule has 0 unspecified atom stereocenters. The van der Waals surface area contributed by atoms with Gasteiger partial charge in [-0.15, -0.1) is 0 Å². The van der Waals surface area contributed by atoms with Gasteiger partial charge < -0.3 is 4.57 Å². The highest BCUT2D eigenvalue weighted by atomic mass is 16.2. The molecule has 126 valence electrons. The van der Waals surface area contributed by atoms with Gasteiger partial charge >= 0.3 is 5.69 Å². The number of fused-ring (bicyclic) bond motifs is 1. The number of aromatic nitrogens is 3. The second-order valence-corrected chi connectivity index (χ2v) is 5.98. The predicted molar refractivity (Wildman–Crippen MR) is 91.0 cm³/mol. The maximum Gasteiger partial charge on any atom is 0.331 e. The zero-order valence-corrected chi connectivity index (χ0v) is 14.2. The summed E-state index contributed by atoms with van der Waals surface area (Å²) in [6, 6.07) is 1.76. The Morgan fingerprint density at radius 1 is 1.04 bits per heavy atom. The second-order valence-electron chi connectivity index (χ2n) is 5.98. The summed E-state index contributed by atoms with van der Waals surface area (Å²) in [5, 5.41) is 0. The lowest BCUT2D eigenvalue weighted by atomic mass is 10.3. The first-order chi connectivity index (χ1) is 11.0. The van der Waals surface area contributed by atoms with Crippen LogP contribution >= 0.6 is 0 Å². The van der Waals surface area contributed by atoms with Crippen LogP contribution in [0.25, 0.3) is 11.0 Å². The van der Waals surface area contributed by atoms with Gasteiger partial charge in [0.05, 0.1) is 12.1 Å². The van der Waals surface area contributed by atoms with Gasteiger partial charge in [0.2, 0.25) is 0 Å². The fraction of sp³-hybridized carbons (Fsp3) is 0.588. The lowest BCUT2D eigenvalue weighted by Gasteiger charge is -2.13. The van der Waals surface area contributed by atoms with Gasteiger partial charge in [0.25, 0.3) is 5.56 Å². The largest absolute Gasteiger partial charge is 0.334 e. The molecule has 0 fully saturated rings. The Balaban J connectivity index is 2.71. The summed E-state index contributed by atoms with van der Waals surface area (Å²) in [4.78, 5) is 36.9. The van der Waals surface area contributed by atoms with Gasteiger partial charge in [0.15, 0.2) is 0 Å². The van der Waals surface area contributed by atoms with Crippen molar-refractivity contribution in [2.45, 2.75) is 66.1 Å². The van der Waals surface area contributed by atoms with E-state index in [9.17, 15) is 14.4 Å². The minimum Gasteiger partial charge on any atom is -0.334 e. The summed E-state index contributed by atoms with van der Waals surface area (Å²) in [7, 11) is 0. The van der Waals surface area contributed by atoms with Crippen LogP contribution in [0, 0.1) is 0 Å². The maximum atomic E-state index is 12.8. The fourth-order valence-electron chi connectivity index (χ4n) is 2.79. The van der Waals surface area contributed by atoms with Crippen LogP contribution in [0.5, 0.6) is 0 Å². The maximum absolute atomic E-state index is 12.8. The number of carbonyl (C=O) groups excluding carboxylic acids is 1. The van der Waals surface area contributed by atoms with Crippen LogP contribution < -0.4 is 11.2 Å². The Hall–Kier alpha value is -2.11. The van der Waals surface area contributed by atoms with Gasteiger partial charge in [0, 0.05) is 19.3 Å². The van der Waals surface area contributed by atoms with E-state index in [-0.39, 0.29) is 23.6 Å². The van der Waals surface area contributed by atoms with E-state index in [1.54, 1.807) is 21.4 Å². The Morgan fingerprint density at radius 2 is 1.65 bits per heavy atom. The molecule has 2 heterocycles. The molecular formula is C17H25N3O3. The third-order valence-electron chi connectivity index (χ3n) is 4.01. The summed E-state index contributed by atoms with van der Waals surface area (Å²) in [6.45, 7) is 6.74. The molecule has 0 spiro atoms. The van der Waals surface area contributed by atoms with Crippen LogP contribution in [0.2, 0.25) is 0 Å². The highest BCUT2D eigenvalue weighted by Crippen LogP contribution is 2.12. The monoisotopic (exact) mass is 319 g/mol.